The molecule has 0 amide bonds. The van der Waals surface area contributed by atoms with Crippen LogP contribution in [-0.2, 0) is 4.74 Å². The lowest BCUT2D eigenvalue weighted by Crippen LogP contribution is -2.45. The first-order chi connectivity index (χ1) is 15.0. The Bertz CT molecular complexity index is 1050. The number of likely N-dealkylation sites (N-methyl/N-ethyl adjacent to an activating group) is 1. The van der Waals surface area contributed by atoms with Crippen LogP contribution in [0.3, 0.4) is 0 Å². The highest BCUT2D eigenvalue weighted by Gasteiger charge is 2.32. The Labute approximate surface area is 184 Å². The molecular formula is C26H31N3O2. The summed E-state index contributed by atoms with van der Waals surface area (Å²) in [7, 11) is 2.14. The minimum Gasteiger partial charge on any atom is -0.462 e. The largest absolute Gasteiger partial charge is 0.462 e. The van der Waals surface area contributed by atoms with Crippen molar-refractivity contribution in [2.45, 2.75) is 20.8 Å². The monoisotopic (exact) mass is 417 g/mol. The summed E-state index contributed by atoms with van der Waals surface area (Å²) < 4.78 is 7.75. The SMILES string of the molecule is CCOC(=O)c1c(N2CCN(C)CC2)c(-c2ccccc2)n(-c2ccc(C)cc2)c1C. The number of anilines is 1. The lowest BCUT2D eigenvalue weighted by molar-refractivity contribution is 0.0526. The second-order valence-corrected chi connectivity index (χ2v) is 8.21. The molecule has 0 spiro atoms. The van der Waals surface area contributed by atoms with Crippen LogP contribution in [0.15, 0.2) is 54.6 Å². The van der Waals surface area contributed by atoms with Crippen molar-refractivity contribution in [2.24, 2.45) is 0 Å². The number of aromatic nitrogens is 1. The first-order valence-corrected chi connectivity index (χ1v) is 11.0. The molecule has 1 aliphatic rings. The molecule has 5 heteroatoms. The number of carbonyl (C=O) groups is 1. The Morgan fingerprint density at radius 2 is 1.58 bits per heavy atom. The summed E-state index contributed by atoms with van der Waals surface area (Å²) >= 11 is 0. The molecule has 2 aromatic carbocycles. The molecule has 5 nitrogen and oxygen atoms in total. The smallest absolute Gasteiger partial charge is 0.342 e. The van der Waals surface area contributed by atoms with E-state index in [-0.39, 0.29) is 5.97 Å². The molecule has 0 unspecified atom stereocenters. The van der Waals surface area contributed by atoms with Crippen LogP contribution in [0.25, 0.3) is 16.9 Å². The fourth-order valence-corrected chi connectivity index (χ4v) is 4.34. The van der Waals surface area contributed by atoms with Crippen LogP contribution < -0.4 is 4.90 Å². The maximum absolute atomic E-state index is 13.2. The number of piperazine rings is 1. The van der Waals surface area contributed by atoms with E-state index in [9.17, 15) is 4.79 Å². The number of carbonyl (C=O) groups excluding carboxylic acids is 1. The zero-order valence-corrected chi connectivity index (χ0v) is 18.9. The van der Waals surface area contributed by atoms with Gasteiger partial charge in [0.2, 0.25) is 0 Å². The summed E-state index contributed by atoms with van der Waals surface area (Å²) in [6.07, 6.45) is 0. The highest BCUT2D eigenvalue weighted by molar-refractivity contribution is 6.02. The van der Waals surface area contributed by atoms with Crippen molar-refractivity contribution < 1.29 is 9.53 Å². The van der Waals surface area contributed by atoms with Gasteiger partial charge >= 0.3 is 5.97 Å². The predicted octanol–water partition coefficient (Wildman–Crippen LogP) is 4.69. The molecule has 2 heterocycles. The van der Waals surface area contributed by atoms with Gasteiger partial charge < -0.3 is 19.1 Å². The number of nitrogens with zero attached hydrogens (tertiary/aromatic N) is 3. The topological polar surface area (TPSA) is 37.7 Å². The first kappa shape index (κ1) is 21.2. The van der Waals surface area contributed by atoms with Crippen molar-refractivity contribution in [3.63, 3.8) is 0 Å². The molecule has 0 saturated carbocycles. The fraction of sp³-hybridized carbons (Fsp3) is 0.346. The third-order valence-electron chi connectivity index (χ3n) is 6.02. The fourth-order valence-electron chi connectivity index (χ4n) is 4.34. The van der Waals surface area contributed by atoms with E-state index in [1.807, 2.05) is 19.9 Å². The molecule has 1 aromatic heterocycles. The Morgan fingerprint density at radius 3 is 2.19 bits per heavy atom. The average molecular weight is 418 g/mol. The lowest BCUT2D eigenvalue weighted by Gasteiger charge is -2.35. The molecule has 31 heavy (non-hydrogen) atoms. The van der Waals surface area contributed by atoms with Gasteiger partial charge in [-0.1, -0.05) is 48.0 Å². The van der Waals surface area contributed by atoms with Gasteiger partial charge in [-0.05, 0) is 40.0 Å². The molecule has 0 N–H and O–H groups in total. The van der Waals surface area contributed by atoms with E-state index in [0.29, 0.717) is 12.2 Å². The zero-order chi connectivity index (χ0) is 22.0. The van der Waals surface area contributed by atoms with E-state index in [1.165, 1.54) is 5.56 Å². The van der Waals surface area contributed by atoms with Gasteiger partial charge in [0, 0.05) is 43.1 Å². The third-order valence-corrected chi connectivity index (χ3v) is 6.02. The number of ether oxygens (including phenoxy) is 1. The minimum absolute atomic E-state index is 0.253. The number of hydrogen-bond acceptors (Lipinski definition) is 4. The molecule has 0 atom stereocenters. The van der Waals surface area contributed by atoms with Gasteiger partial charge in [0.05, 0.1) is 18.0 Å². The van der Waals surface area contributed by atoms with Gasteiger partial charge in [-0.15, -0.1) is 0 Å². The van der Waals surface area contributed by atoms with Crippen molar-refractivity contribution in [1.82, 2.24) is 9.47 Å². The first-order valence-electron chi connectivity index (χ1n) is 11.0. The predicted molar refractivity (Wildman–Crippen MR) is 126 cm³/mol. The van der Waals surface area contributed by atoms with Gasteiger partial charge in [-0.2, -0.15) is 0 Å². The van der Waals surface area contributed by atoms with E-state index < -0.39 is 0 Å². The minimum atomic E-state index is -0.253. The highest BCUT2D eigenvalue weighted by atomic mass is 16.5. The number of hydrogen-bond donors (Lipinski definition) is 0. The molecule has 4 rings (SSSR count). The average Bonchev–Trinajstić information content (AvgIpc) is 3.08. The molecule has 0 aliphatic carbocycles. The van der Waals surface area contributed by atoms with Crippen LogP contribution in [0, 0.1) is 13.8 Å². The van der Waals surface area contributed by atoms with Crippen molar-refractivity contribution in [2.75, 3.05) is 44.7 Å². The van der Waals surface area contributed by atoms with Crippen molar-refractivity contribution >= 4 is 11.7 Å². The van der Waals surface area contributed by atoms with E-state index in [0.717, 1.165) is 54.5 Å². The number of benzene rings is 2. The summed E-state index contributed by atoms with van der Waals surface area (Å²) in [4.78, 5) is 17.9. The molecule has 162 valence electrons. The summed E-state index contributed by atoms with van der Waals surface area (Å²) in [6.45, 7) is 10.0. The van der Waals surface area contributed by atoms with Gasteiger partial charge in [-0.25, -0.2) is 4.79 Å². The number of rotatable bonds is 5. The number of esters is 1. The number of aryl methyl sites for hydroxylation is 1. The van der Waals surface area contributed by atoms with Crippen molar-refractivity contribution in [3.05, 3.63) is 71.4 Å². The van der Waals surface area contributed by atoms with Gasteiger partial charge in [0.1, 0.15) is 5.56 Å². The normalized spacial score (nSPS) is 14.6. The summed E-state index contributed by atoms with van der Waals surface area (Å²) in [5.74, 6) is -0.253. The van der Waals surface area contributed by atoms with Crippen LogP contribution in [0.1, 0.15) is 28.5 Å². The quantitative estimate of drug-likeness (QED) is 0.565. The van der Waals surface area contributed by atoms with Crippen LogP contribution >= 0.6 is 0 Å². The van der Waals surface area contributed by atoms with E-state index in [2.05, 4.69) is 76.9 Å². The second kappa shape index (κ2) is 8.98. The van der Waals surface area contributed by atoms with E-state index >= 15 is 0 Å². The Balaban J connectivity index is 2.01. The summed E-state index contributed by atoms with van der Waals surface area (Å²) in [6, 6.07) is 18.8. The van der Waals surface area contributed by atoms with Gasteiger partial charge in [-0.3, -0.25) is 0 Å². The van der Waals surface area contributed by atoms with E-state index in [1.54, 1.807) is 0 Å². The van der Waals surface area contributed by atoms with Crippen molar-refractivity contribution in [1.29, 1.82) is 0 Å². The van der Waals surface area contributed by atoms with Crippen molar-refractivity contribution in [3.8, 4) is 16.9 Å². The molecule has 3 aromatic rings. The van der Waals surface area contributed by atoms with Crippen LogP contribution in [0.5, 0.6) is 0 Å². The molecule has 0 radical (unpaired) electrons. The molecule has 1 fully saturated rings. The maximum Gasteiger partial charge on any atom is 0.342 e. The molecule has 1 aliphatic heterocycles. The zero-order valence-electron chi connectivity index (χ0n) is 18.9. The second-order valence-electron chi connectivity index (χ2n) is 8.21. The molecular weight excluding hydrogens is 386 g/mol. The standard InChI is InChI=1S/C26H31N3O2/c1-5-31-26(30)23-20(3)29(22-13-11-19(2)12-14-22)24(21-9-7-6-8-10-21)25(23)28-17-15-27(4)16-18-28/h6-14H,5,15-18H2,1-4H3. The molecule has 0 bridgehead atoms. The van der Waals surface area contributed by atoms with Gasteiger partial charge in [0.25, 0.3) is 0 Å². The Morgan fingerprint density at radius 1 is 0.935 bits per heavy atom. The third kappa shape index (κ3) is 4.10. The van der Waals surface area contributed by atoms with Crippen LogP contribution in [-0.4, -0.2) is 55.3 Å². The summed E-state index contributed by atoms with van der Waals surface area (Å²) in [5.41, 5.74) is 6.97. The summed E-state index contributed by atoms with van der Waals surface area (Å²) in [5, 5.41) is 0. The highest BCUT2D eigenvalue weighted by Crippen LogP contribution is 2.41. The van der Waals surface area contributed by atoms with Gasteiger partial charge in [0.15, 0.2) is 0 Å². The Hall–Kier alpha value is -3.05. The van der Waals surface area contributed by atoms with E-state index in [4.69, 9.17) is 4.74 Å². The van der Waals surface area contributed by atoms with Crippen LogP contribution in [0.2, 0.25) is 0 Å². The lowest BCUT2D eigenvalue weighted by atomic mass is 10.1. The maximum atomic E-state index is 13.2. The van der Waals surface area contributed by atoms with Crippen LogP contribution in [0.4, 0.5) is 5.69 Å². The molecule has 1 saturated heterocycles. The Kier molecular flexibility index (Phi) is 6.14.